The lowest BCUT2D eigenvalue weighted by molar-refractivity contribution is 1.00. The standard InChI is InChI=1S/C35H29N4Si/c1-40(2)27-19-17-23(18-20-27)24-15-16-26-21-25-9-3-7-13-31(25)38(33(26)22-24)35-37-29-11-5-4-10-28(29)34-36-30-12-6-8-14-32(30)39(34)35/h3-17,19,22H,18,20-21H2,1-2H3. The van der Waals surface area contributed by atoms with Crippen LogP contribution in [0.1, 0.15) is 29.5 Å². The largest absolute Gasteiger partial charge is 0.280 e. The first-order valence-electron chi connectivity index (χ1n) is 14.0. The summed E-state index contributed by atoms with van der Waals surface area (Å²) in [7, 11) is -0.391. The average Bonchev–Trinajstić information content (AvgIpc) is 3.39. The molecule has 0 amide bonds. The van der Waals surface area contributed by atoms with Crippen LogP contribution >= 0.6 is 0 Å². The van der Waals surface area contributed by atoms with E-state index in [9.17, 15) is 0 Å². The first-order valence-corrected chi connectivity index (χ1v) is 16.5. The van der Waals surface area contributed by atoms with Gasteiger partial charge < -0.3 is 0 Å². The molecule has 2 aromatic heterocycles. The van der Waals surface area contributed by atoms with Crippen molar-refractivity contribution in [3.63, 3.8) is 0 Å². The maximum Gasteiger partial charge on any atom is 0.221 e. The second-order valence-corrected chi connectivity index (χ2v) is 13.7. The molecular formula is C35H29N4Si. The minimum Gasteiger partial charge on any atom is -0.280 e. The number of anilines is 3. The van der Waals surface area contributed by atoms with Gasteiger partial charge in [0.1, 0.15) is 5.65 Å². The van der Waals surface area contributed by atoms with E-state index in [-0.39, 0.29) is 0 Å². The van der Waals surface area contributed by atoms with Crippen LogP contribution in [-0.2, 0) is 6.42 Å². The van der Waals surface area contributed by atoms with Gasteiger partial charge in [0.15, 0.2) is 0 Å². The minimum atomic E-state index is -0.391. The van der Waals surface area contributed by atoms with Crippen LogP contribution in [0.25, 0.3) is 33.2 Å². The Morgan fingerprint density at radius 1 is 0.700 bits per heavy atom. The van der Waals surface area contributed by atoms with Crippen LogP contribution in [0, 0.1) is 0 Å². The van der Waals surface area contributed by atoms with E-state index >= 15 is 0 Å². The fourth-order valence-corrected chi connectivity index (χ4v) is 7.36. The van der Waals surface area contributed by atoms with Gasteiger partial charge in [-0.2, -0.15) is 0 Å². The first kappa shape index (κ1) is 23.4. The molecule has 0 unspecified atom stereocenters. The van der Waals surface area contributed by atoms with Crippen LogP contribution < -0.4 is 4.90 Å². The number of hydrogen-bond donors (Lipinski definition) is 0. The highest BCUT2D eigenvalue weighted by Crippen LogP contribution is 2.45. The van der Waals surface area contributed by atoms with E-state index in [2.05, 4.69) is 126 Å². The highest BCUT2D eigenvalue weighted by Gasteiger charge is 2.29. The Kier molecular flexibility index (Phi) is 5.29. The molecule has 193 valence electrons. The van der Waals surface area contributed by atoms with E-state index in [1.807, 2.05) is 0 Å². The second kappa shape index (κ2) is 9.03. The summed E-state index contributed by atoms with van der Waals surface area (Å²) in [6, 6.07) is 32.5. The fraction of sp³-hybridized carbons (Fsp3) is 0.143. The monoisotopic (exact) mass is 533 g/mol. The van der Waals surface area contributed by atoms with Crippen molar-refractivity contribution in [3.8, 4) is 0 Å². The van der Waals surface area contributed by atoms with Gasteiger partial charge in [0.2, 0.25) is 5.95 Å². The molecule has 1 aliphatic heterocycles. The average molecular weight is 534 g/mol. The molecule has 40 heavy (non-hydrogen) atoms. The van der Waals surface area contributed by atoms with Crippen molar-refractivity contribution in [2.24, 2.45) is 0 Å². The molecule has 0 saturated carbocycles. The summed E-state index contributed by atoms with van der Waals surface area (Å²) in [6.45, 7) is 4.78. The van der Waals surface area contributed by atoms with Gasteiger partial charge in [0.25, 0.3) is 0 Å². The Morgan fingerprint density at radius 3 is 2.33 bits per heavy atom. The molecule has 5 heteroatoms. The quantitative estimate of drug-likeness (QED) is 0.213. The van der Waals surface area contributed by atoms with Crippen molar-refractivity contribution < 1.29 is 0 Å². The lowest BCUT2D eigenvalue weighted by atomic mass is 9.91. The van der Waals surface area contributed by atoms with E-state index in [1.165, 1.54) is 40.1 Å². The molecule has 3 heterocycles. The van der Waals surface area contributed by atoms with Gasteiger partial charge in [-0.15, -0.1) is 0 Å². The molecule has 2 aliphatic rings. The van der Waals surface area contributed by atoms with Crippen molar-refractivity contribution in [1.29, 1.82) is 0 Å². The maximum absolute atomic E-state index is 5.35. The predicted octanol–water partition coefficient (Wildman–Crippen LogP) is 8.81. The highest BCUT2D eigenvalue weighted by atomic mass is 28.3. The lowest BCUT2D eigenvalue weighted by Gasteiger charge is -2.33. The molecule has 0 saturated heterocycles. The van der Waals surface area contributed by atoms with Crippen molar-refractivity contribution in [2.75, 3.05) is 4.90 Å². The van der Waals surface area contributed by atoms with Gasteiger partial charge in [-0.05, 0) is 71.5 Å². The molecule has 8 rings (SSSR count). The Balaban J connectivity index is 1.41. The zero-order valence-corrected chi connectivity index (χ0v) is 23.7. The molecule has 0 spiro atoms. The van der Waals surface area contributed by atoms with Gasteiger partial charge in [-0.25, -0.2) is 9.97 Å². The third-order valence-electron chi connectivity index (χ3n) is 8.43. The Labute approximate surface area is 235 Å². The van der Waals surface area contributed by atoms with E-state index in [4.69, 9.17) is 9.97 Å². The lowest BCUT2D eigenvalue weighted by Crippen LogP contribution is -2.22. The Hall–Kier alpha value is -4.48. The van der Waals surface area contributed by atoms with Crippen LogP contribution in [0.15, 0.2) is 108 Å². The summed E-state index contributed by atoms with van der Waals surface area (Å²) in [5.74, 6) is 0.872. The SMILES string of the molecule is C[Si](C)C1=CC=C(c2ccc3c(c2)N(c2nc4ccccc4c4nc5ccccc5n24)c2ccccc2C3)CC1. The number of imidazole rings is 1. The van der Waals surface area contributed by atoms with Gasteiger partial charge in [0.05, 0.1) is 36.7 Å². The predicted molar refractivity (Wildman–Crippen MR) is 168 cm³/mol. The maximum atomic E-state index is 5.35. The molecule has 1 aliphatic carbocycles. The summed E-state index contributed by atoms with van der Waals surface area (Å²) < 4.78 is 2.25. The number of nitrogens with zero attached hydrogens (tertiary/aromatic N) is 4. The Bertz CT molecular complexity index is 2030. The fourth-order valence-electron chi connectivity index (χ4n) is 6.32. The molecule has 1 radical (unpaired) electrons. The molecule has 0 bridgehead atoms. The van der Waals surface area contributed by atoms with Crippen molar-refractivity contribution in [1.82, 2.24) is 14.4 Å². The summed E-state index contributed by atoms with van der Waals surface area (Å²) in [4.78, 5) is 12.8. The van der Waals surface area contributed by atoms with Crippen LogP contribution in [-0.4, -0.2) is 23.2 Å². The molecule has 6 aromatic rings. The van der Waals surface area contributed by atoms with Gasteiger partial charge in [0, 0.05) is 11.8 Å². The van der Waals surface area contributed by atoms with Crippen LogP contribution in [0.4, 0.5) is 17.3 Å². The van der Waals surface area contributed by atoms with E-state index in [0.29, 0.717) is 0 Å². The number of benzene rings is 4. The number of para-hydroxylation sites is 4. The van der Waals surface area contributed by atoms with E-state index in [1.54, 1.807) is 5.20 Å². The van der Waals surface area contributed by atoms with Crippen LogP contribution in [0.5, 0.6) is 0 Å². The molecule has 4 aromatic carbocycles. The number of aromatic nitrogens is 3. The zero-order chi connectivity index (χ0) is 26.8. The summed E-state index contributed by atoms with van der Waals surface area (Å²) in [5.41, 5.74) is 11.6. The minimum absolute atomic E-state index is 0.391. The highest BCUT2D eigenvalue weighted by molar-refractivity contribution is 6.64. The van der Waals surface area contributed by atoms with Crippen LogP contribution in [0.3, 0.4) is 0 Å². The van der Waals surface area contributed by atoms with Gasteiger partial charge >= 0.3 is 0 Å². The number of hydrogen-bond acceptors (Lipinski definition) is 3. The summed E-state index contributed by atoms with van der Waals surface area (Å²) in [6.07, 6.45) is 7.91. The van der Waals surface area contributed by atoms with E-state index in [0.717, 1.165) is 46.4 Å². The smallest absolute Gasteiger partial charge is 0.221 e. The molecule has 0 atom stereocenters. The van der Waals surface area contributed by atoms with Crippen molar-refractivity contribution in [2.45, 2.75) is 32.4 Å². The third kappa shape index (κ3) is 3.58. The van der Waals surface area contributed by atoms with Crippen molar-refractivity contribution in [3.05, 3.63) is 125 Å². The summed E-state index contributed by atoms with van der Waals surface area (Å²) >= 11 is 0. The number of allylic oxidation sites excluding steroid dienone is 4. The first-order chi connectivity index (χ1) is 19.7. The zero-order valence-electron chi connectivity index (χ0n) is 22.7. The Morgan fingerprint density at radius 2 is 1.48 bits per heavy atom. The van der Waals surface area contributed by atoms with Gasteiger partial charge in [-0.3, -0.25) is 9.30 Å². The molecule has 4 nitrogen and oxygen atoms in total. The number of rotatable bonds is 3. The van der Waals surface area contributed by atoms with E-state index < -0.39 is 8.80 Å². The van der Waals surface area contributed by atoms with Crippen LogP contribution in [0.2, 0.25) is 13.1 Å². The molecular weight excluding hydrogens is 504 g/mol. The normalized spacial score (nSPS) is 14.9. The summed E-state index contributed by atoms with van der Waals surface area (Å²) in [5, 5.41) is 2.70. The van der Waals surface area contributed by atoms with Crippen molar-refractivity contribution >= 4 is 59.3 Å². The van der Waals surface area contributed by atoms with Gasteiger partial charge in [-0.1, -0.05) is 85.0 Å². The topological polar surface area (TPSA) is 33.4 Å². The molecule has 0 fully saturated rings. The third-order valence-corrected chi connectivity index (χ3v) is 10.1. The number of fused-ring (bicyclic) bond motifs is 7. The molecule has 0 N–H and O–H groups in total. The second-order valence-electron chi connectivity index (χ2n) is 11.1.